The summed E-state index contributed by atoms with van der Waals surface area (Å²) in [6.07, 6.45) is 2.50. The van der Waals surface area contributed by atoms with Crippen LogP contribution in [0.4, 0.5) is 4.79 Å². The Morgan fingerprint density at radius 3 is 2.18 bits per heavy atom. The van der Waals surface area contributed by atoms with Gasteiger partial charge in [0.25, 0.3) is 0 Å². The second-order valence-corrected chi connectivity index (χ2v) is 6.76. The summed E-state index contributed by atoms with van der Waals surface area (Å²) >= 11 is 0. The molecule has 6 nitrogen and oxygen atoms in total. The quantitative estimate of drug-likeness (QED) is 0.422. The topological polar surface area (TPSA) is 79.6 Å². The fourth-order valence-corrected chi connectivity index (χ4v) is 3.20. The molecule has 120 valence electrons. The molecule has 22 heavy (non-hydrogen) atoms. The van der Waals surface area contributed by atoms with Crippen molar-refractivity contribution in [2.75, 3.05) is 7.11 Å². The maximum Gasteiger partial charge on any atom is 0.410 e. The average Bonchev–Trinajstić information content (AvgIpc) is 2.69. The van der Waals surface area contributed by atoms with Crippen molar-refractivity contribution in [2.24, 2.45) is 0 Å². The number of hydrogen-bond donors (Lipinski definition) is 0. The number of nitrogens with zero attached hydrogens (tertiary/aromatic N) is 2. The van der Waals surface area contributed by atoms with Crippen molar-refractivity contribution < 1.29 is 19.1 Å². The van der Waals surface area contributed by atoms with Crippen LogP contribution in [0.3, 0.4) is 0 Å². The molecule has 2 bridgehead atoms. The van der Waals surface area contributed by atoms with Crippen LogP contribution in [-0.4, -0.2) is 41.8 Å². The van der Waals surface area contributed by atoms with Crippen LogP contribution >= 0.6 is 0 Å². The first-order chi connectivity index (χ1) is 10.3. The van der Waals surface area contributed by atoms with Gasteiger partial charge in [0.15, 0.2) is 0 Å². The van der Waals surface area contributed by atoms with E-state index in [0.29, 0.717) is 12.8 Å². The number of nitriles is 1. The van der Waals surface area contributed by atoms with Crippen LogP contribution in [0.5, 0.6) is 0 Å². The molecule has 2 unspecified atom stereocenters. The lowest BCUT2D eigenvalue weighted by Crippen LogP contribution is -2.47. The Morgan fingerprint density at radius 1 is 1.23 bits per heavy atom. The summed E-state index contributed by atoms with van der Waals surface area (Å²) in [4.78, 5) is 25.8. The molecule has 2 aliphatic rings. The molecule has 0 aromatic carbocycles. The summed E-state index contributed by atoms with van der Waals surface area (Å²) in [6.45, 7) is 5.52. The van der Waals surface area contributed by atoms with Gasteiger partial charge < -0.3 is 14.4 Å². The third kappa shape index (κ3) is 3.24. The van der Waals surface area contributed by atoms with Gasteiger partial charge in [-0.1, -0.05) is 0 Å². The first-order valence-corrected chi connectivity index (χ1v) is 7.48. The summed E-state index contributed by atoms with van der Waals surface area (Å²) in [5.41, 5.74) is 0.348. The van der Waals surface area contributed by atoms with Gasteiger partial charge in [-0.2, -0.15) is 5.26 Å². The van der Waals surface area contributed by atoms with Gasteiger partial charge >= 0.3 is 12.1 Å². The number of ether oxygens (including phenoxy) is 2. The van der Waals surface area contributed by atoms with Crippen LogP contribution in [0.15, 0.2) is 11.1 Å². The zero-order valence-electron chi connectivity index (χ0n) is 13.5. The largest absolute Gasteiger partial charge is 0.465 e. The summed E-state index contributed by atoms with van der Waals surface area (Å²) in [5.74, 6) is -0.595. The van der Waals surface area contributed by atoms with Crippen LogP contribution in [0.2, 0.25) is 0 Å². The molecule has 1 amide bonds. The minimum Gasteiger partial charge on any atom is -0.465 e. The van der Waals surface area contributed by atoms with Crippen LogP contribution < -0.4 is 0 Å². The molecule has 2 aliphatic heterocycles. The molecule has 2 rings (SSSR count). The number of piperidine rings is 1. The Labute approximate surface area is 130 Å². The maximum absolute atomic E-state index is 12.3. The molecule has 2 fully saturated rings. The zero-order chi connectivity index (χ0) is 16.5. The van der Waals surface area contributed by atoms with Gasteiger partial charge in [0, 0.05) is 12.1 Å². The van der Waals surface area contributed by atoms with Gasteiger partial charge in [0.2, 0.25) is 0 Å². The normalized spacial score (nSPS) is 23.8. The molecule has 0 aliphatic carbocycles. The maximum atomic E-state index is 12.3. The van der Waals surface area contributed by atoms with E-state index in [1.807, 2.05) is 26.8 Å². The summed E-state index contributed by atoms with van der Waals surface area (Å²) < 4.78 is 10.1. The van der Waals surface area contributed by atoms with Crippen molar-refractivity contribution in [1.29, 1.82) is 5.26 Å². The van der Waals surface area contributed by atoms with Gasteiger partial charge in [-0.25, -0.2) is 9.59 Å². The predicted octanol–water partition coefficient (Wildman–Crippen LogP) is 2.54. The minimum atomic E-state index is -0.595. The first-order valence-electron chi connectivity index (χ1n) is 7.48. The Bertz CT molecular complexity index is 537. The van der Waals surface area contributed by atoms with E-state index >= 15 is 0 Å². The van der Waals surface area contributed by atoms with E-state index in [1.165, 1.54) is 7.11 Å². The highest BCUT2D eigenvalue weighted by Crippen LogP contribution is 2.40. The van der Waals surface area contributed by atoms with Crippen molar-refractivity contribution in [3.05, 3.63) is 11.1 Å². The van der Waals surface area contributed by atoms with Gasteiger partial charge in [0.05, 0.1) is 7.11 Å². The zero-order valence-corrected chi connectivity index (χ0v) is 13.5. The summed E-state index contributed by atoms with van der Waals surface area (Å²) in [5, 5.41) is 9.19. The number of esters is 1. The average molecular weight is 306 g/mol. The fourth-order valence-electron chi connectivity index (χ4n) is 3.20. The number of rotatable bonds is 1. The Hall–Kier alpha value is -2.03. The van der Waals surface area contributed by atoms with Crippen molar-refractivity contribution in [1.82, 2.24) is 4.90 Å². The number of carbonyl (C=O) groups excluding carboxylic acids is 2. The molecular formula is C16H22N2O4. The lowest BCUT2D eigenvalue weighted by atomic mass is 9.93. The molecule has 0 N–H and O–H groups in total. The van der Waals surface area contributed by atoms with Crippen LogP contribution in [0.1, 0.15) is 46.5 Å². The molecule has 2 heterocycles. The van der Waals surface area contributed by atoms with E-state index in [-0.39, 0.29) is 23.8 Å². The third-order valence-corrected chi connectivity index (χ3v) is 4.04. The lowest BCUT2D eigenvalue weighted by Gasteiger charge is -2.37. The van der Waals surface area contributed by atoms with E-state index in [2.05, 4.69) is 4.74 Å². The van der Waals surface area contributed by atoms with Gasteiger partial charge in [-0.3, -0.25) is 0 Å². The van der Waals surface area contributed by atoms with E-state index < -0.39 is 11.6 Å². The van der Waals surface area contributed by atoms with Gasteiger partial charge in [-0.05, 0) is 52.0 Å². The van der Waals surface area contributed by atoms with Crippen molar-refractivity contribution in [3.63, 3.8) is 0 Å². The molecule has 0 aromatic heterocycles. The highest BCUT2D eigenvalue weighted by Gasteiger charge is 2.44. The monoisotopic (exact) mass is 306 g/mol. The Morgan fingerprint density at radius 2 is 1.77 bits per heavy atom. The standard InChI is InChI=1S/C16H22N2O4/c1-16(2,3)22-15(20)18-11-5-6-12(18)8-10(7-11)13(9-17)14(19)21-4/h11-12H,5-8H2,1-4H3. The van der Waals surface area contributed by atoms with Crippen LogP contribution in [-0.2, 0) is 14.3 Å². The number of hydrogen-bond acceptors (Lipinski definition) is 5. The van der Waals surface area contributed by atoms with E-state index in [4.69, 9.17) is 4.74 Å². The molecule has 0 aromatic rings. The highest BCUT2D eigenvalue weighted by molar-refractivity contribution is 5.93. The van der Waals surface area contributed by atoms with Crippen molar-refractivity contribution >= 4 is 12.1 Å². The third-order valence-electron chi connectivity index (χ3n) is 4.04. The van der Waals surface area contributed by atoms with E-state index in [0.717, 1.165) is 18.4 Å². The van der Waals surface area contributed by atoms with Gasteiger partial charge in [0.1, 0.15) is 17.2 Å². The van der Waals surface area contributed by atoms with Crippen molar-refractivity contribution in [2.45, 2.75) is 64.1 Å². The SMILES string of the molecule is COC(=O)C(C#N)=C1CC2CCC(C1)N2C(=O)OC(C)(C)C. The second-order valence-electron chi connectivity index (χ2n) is 6.76. The molecule has 0 saturated carbocycles. The Balaban J connectivity index is 2.19. The lowest BCUT2D eigenvalue weighted by molar-refractivity contribution is -0.135. The molecule has 0 radical (unpaired) electrons. The summed E-state index contributed by atoms with van der Waals surface area (Å²) in [7, 11) is 1.27. The first kappa shape index (κ1) is 16.3. The predicted molar refractivity (Wildman–Crippen MR) is 78.8 cm³/mol. The van der Waals surface area contributed by atoms with Crippen LogP contribution in [0.25, 0.3) is 0 Å². The molecule has 6 heteroatoms. The molecule has 2 saturated heterocycles. The minimum absolute atomic E-state index is 0.00314. The molecule has 2 atom stereocenters. The number of carbonyl (C=O) groups is 2. The van der Waals surface area contributed by atoms with E-state index in [1.54, 1.807) is 4.90 Å². The van der Waals surface area contributed by atoms with Crippen molar-refractivity contribution in [3.8, 4) is 6.07 Å². The number of methoxy groups -OCH3 is 1. The number of amides is 1. The van der Waals surface area contributed by atoms with E-state index in [9.17, 15) is 14.9 Å². The fraction of sp³-hybridized carbons (Fsp3) is 0.688. The van der Waals surface area contributed by atoms with Crippen LogP contribution in [0, 0.1) is 11.3 Å². The Kier molecular flexibility index (Phi) is 4.45. The summed E-state index contributed by atoms with van der Waals surface area (Å²) in [6, 6.07) is 1.94. The smallest absolute Gasteiger partial charge is 0.410 e. The molecular weight excluding hydrogens is 284 g/mol. The molecule has 0 spiro atoms. The van der Waals surface area contributed by atoms with Gasteiger partial charge in [-0.15, -0.1) is 0 Å². The highest BCUT2D eigenvalue weighted by atomic mass is 16.6. The number of fused-ring (bicyclic) bond motifs is 2. The second kappa shape index (κ2) is 5.99.